The topological polar surface area (TPSA) is 81.2 Å². The van der Waals surface area contributed by atoms with Gasteiger partial charge in [-0.1, -0.05) is 24.3 Å². The Morgan fingerprint density at radius 2 is 1.78 bits per heavy atom. The van der Waals surface area contributed by atoms with E-state index in [0.717, 1.165) is 46.4 Å². The van der Waals surface area contributed by atoms with Crippen LogP contribution in [0.2, 0.25) is 0 Å². The van der Waals surface area contributed by atoms with Gasteiger partial charge in [0.2, 0.25) is 12.3 Å². The first-order valence-electron chi connectivity index (χ1n) is 12.7. The van der Waals surface area contributed by atoms with Gasteiger partial charge in [-0.3, -0.25) is 24.1 Å². The van der Waals surface area contributed by atoms with Crippen molar-refractivity contribution in [2.75, 3.05) is 44.2 Å². The monoisotopic (exact) mass is 516 g/mol. The van der Waals surface area contributed by atoms with Crippen molar-refractivity contribution in [2.45, 2.75) is 19.4 Å². The van der Waals surface area contributed by atoms with Crippen LogP contribution in [0.3, 0.4) is 0 Å². The Balaban J connectivity index is 1.21. The summed E-state index contributed by atoms with van der Waals surface area (Å²) in [6.45, 7) is 3.72. The normalized spacial score (nSPS) is 20.1. The lowest BCUT2D eigenvalue weighted by Crippen LogP contribution is -2.52. The molecule has 4 amide bonds. The van der Waals surface area contributed by atoms with Gasteiger partial charge in [0.15, 0.2) is 0 Å². The van der Waals surface area contributed by atoms with Crippen LogP contribution >= 0.6 is 11.3 Å². The quantitative estimate of drug-likeness (QED) is 0.384. The standard InChI is InChI=1S/C28H28N4O4S/c33-18-29-11-13-30(14-12-29)26(34)20-6-4-10-31(16-20)23-8-3-7-22-25(23)28(36)32(27(22)35)17-21-15-19-5-1-2-9-24(19)37-21/h1-3,5,7-9,15,18,20H,4,6,10-14,16-17H2/t20-/m1/s1. The lowest BCUT2D eigenvalue weighted by atomic mass is 9.94. The second-order valence-corrected chi connectivity index (χ2v) is 11.1. The van der Waals surface area contributed by atoms with Crippen LogP contribution in [0, 0.1) is 5.92 Å². The lowest BCUT2D eigenvalue weighted by Gasteiger charge is -2.39. The number of thiophene rings is 1. The molecule has 9 heteroatoms. The largest absolute Gasteiger partial charge is 0.370 e. The lowest BCUT2D eigenvalue weighted by molar-refractivity contribution is -0.139. The van der Waals surface area contributed by atoms with Crippen molar-refractivity contribution in [3.05, 3.63) is 64.5 Å². The van der Waals surface area contributed by atoms with Gasteiger partial charge in [-0.05, 0) is 42.5 Å². The predicted octanol–water partition coefficient (Wildman–Crippen LogP) is 3.21. The van der Waals surface area contributed by atoms with E-state index in [4.69, 9.17) is 0 Å². The zero-order valence-electron chi connectivity index (χ0n) is 20.5. The molecular weight excluding hydrogens is 488 g/mol. The molecule has 0 N–H and O–H groups in total. The Bertz CT molecular complexity index is 1360. The number of anilines is 1. The van der Waals surface area contributed by atoms with Crippen molar-refractivity contribution < 1.29 is 19.2 Å². The van der Waals surface area contributed by atoms with Crippen LogP contribution in [-0.4, -0.2) is 78.1 Å². The molecule has 0 unspecified atom stereocenters. The van der Waals surface area contributed by atoms with Crippen LogP contribution in [0.15, 0.2) is 48.5 Å². The van der Waals surface area contributed by atoms with Gasteiger partial charge >= 0.3 is 0 Å². The van der Waals surface area contributed by atoms with E-state index in [0.29, 0.717) is 43.9 Å². The second-order valence-electron chi connectivity index (χ2n) is 9.90. The Hall–Kier alpha value is -3.72. The average molecular weight is 517 g/mol. The fraction of sp³-hybridized carbons (Fsp3) is 0.357. The minimum Gasteiger partial charge on any atom is -0.370 e. The number of benzene rings is 2. The molecule has 2 aromatic carbocycles. The molecule has 0 radical (unpaired) electrons. The highest BCUT2D eigenvalue weighted by molar-refractivity contribution is 7.19. The molecule has 2 saturated heterocycles. The molecule has 0 bridgehead atoms. The van der Waals surface area contributed by atoms with E-state index in [2.05, 4.69) is 4.90 Å². The number of amides is 4. The summed E-state index contributed by atoms with van der Waals surface area (Å²) in [6.07, 6.45) is 2.47. The molecule has 1 atom stereocenters. The summed E-state index contributed by atoms with van der Waals surface area (Å²) in [7, 11) is 0. The van der Waals surface area contributed by atoms with E-state index in [-0.39, 0.29) is 30.2 Å². The number of carbonyl (C=O) groups is 4. The smallest absolute Gasteiger partial charge is 0.264 e. The molecule has 2 fully saturated rings. The Labute approximate surface area is 219 Å². The van der Waals surface area contributed by atoms with Crippen molar-refractivity contribution in [3.63, 3.8) is 0 Å². The van der Waals surface area contributed by atoms with Gasteiger partial charge in [0.25, 0.3) is 11.8 Å². The van der Waals surface area contributed by atoms with Crippen LogP contribution < -0.4 is 4.90 Å². The van der Waals surface area contributed by atoms with E-state index in [9.17, 15) is 19.2 Å². The van der Waals surface area contributed by atoms with Gasteiger partial charge in [0.1, 0.15) is 0 Å². The molecule has 1 aromatic heterocycles. The van der Waals surface area contributed by atoms with Gasteiger partial charge in [0.05, 0.1) is 29.3 Å². The molecule has 0 aliphatic carbocycles. The molecule has 3 aromatic rings. The van der Waals surface area contributed by atoms with Crippen LogP contribution in [0.5, 0.6) is 0 Å². The summed E-state index contributed by atoms with van der Waals surface area (Å²) in [6, 6.07) is 15.5. The molecule has 6 rings (SSSR count). The maximum absolute atomic E-state index is 13.6. The molecule has 3 aliphatic heterocycles. The minimum absolute atomic E-state index is 0.108. The molecule has 0 spiro atoms. The van der Waals surface area contributed by atoms with Crippen molar-refractivity contribution in [2.24, 2.45) is 5.92 Å². The highest BCUT2D eigenvalue weighted by Crippen LogP contribution is 2.36. The first-order valence-corrected chi connectivity index (χ1v) is 13.5. The Morgan fingerprint density at radius 1 is 0.973 bits per heavy atom. The summed E-state index contributed by atoms with van der Waals surface area (Å²) in [5.74, 6) is -0.602. The third kappa shape index (κ3) is 4.27. The first-order chi connectivity index (χ1) is 18.0. The third-order valence-corrected chi connectivity index (χ3v) is 8.75. The van der Waals surface area contributed by atoms with Crippen molar-refractivity contribution in [3.8, 4) is 0 Å². The Kier molecular flexibility index (Phi) is 6.16. The number of fused-ring (bicyclic) bond motifs is 2. The number of hydrogen-bond acceptors (Lipinski definition) is 6. The number of rotatable bonds is 5. The summed E-state index contributed by atoms with van der Waals surface area (Å²) in [4.78, 5) is 59.1. The minimum atomic E-state index is -0.272. The highest BCUT2D eigenvalue weighted by atomic mass is 32.1. The van der Waals surface area contributed by atoms with Gasteiger partial charge < -0.3 is 14.7 Å². The van der Waals surface area contributed by atoms with Gasteiger partial charge in [0, 0.05) is 48.8 Å². The second kappa shape index (κ2) is 9.63. The van der Waals surface area contributed by atoms with Gasteiger partial charge in [-0.15, -0.1) is 11.3 Å². The zero-order valence-corrected chi connectivity index (χ0v) is 21.3. The van der Waals surface area contributed by atoms with E-state index in [1.54, 1.807) is 22.3 Å². The van der Waals surface area contributed by atoms with Crippen LogP contribution in [0.25, 0.3) is 10.1 Å². The van der Waals surface area contributed by atoms with Crippen molar-refractivity contribution >= 4 is 51.2 Å². The Morgan fingerprint density at radius 3 is 2.57 bits per heavy atom. The number of nitrogens with zero attached hydrogens (tertiary/aromatic N) is 4. The number of hydrogen-bond donors (Lipinski definition) is 0. The number of piperazine rings is 1. The molecule has 3 aliphatic rings. The fourth-order valence-corrected chi connectivity index (χ4v) is 6.75. The van der Waals surface area contributed by atoms with Crippen LogP contribution in [-0.2, 0) is 16.1 Å². The molecule has 8 nitrogen and oxygen atoms in total. The van der Waals surface area contributed by atoms with E-state index < -0.39 is 0 Å². The van der Waals surface area contributed by atoms with E-state index in [1.807, 2.05) is 47.4 Å². The van der Waals surface area contributed by atoms with Gasteiger partial charge in [-0.2, -0.15) is 0 Å². The van der Waals surface area contributed by atoms with Crippen molar-refractivity contribution in [1.29, 1.82) is 0 Å². The number of imide groups is 1. The predicted molar refractivity (Wildman–Crippen MR) is 142 cm³/mol. The fourth-order valence-electron chi connectivity index (χ4n) is 5.70. The third-order valence-electron chi connectivity index (χ3n) is 7.65. The maximum Gasteiger partial charge on any atom is 0.264 e. The zero-order chi connectivity index (χ0) is 25.5. The summed E-state index contributed by atoms with van der Waals surface area (Å²) < 4.78 is 1.13. The molecule has 190 valence electrons. The molecule has 4 heterocycles. The SMILES string of the molecule is O=CN1CCN(C(=O)[C@@H]2CCCN(c3cccc4c3C(=O)N(Cc3cc5ccccc5s3)C4=O)C2)CC1. The molecule has 0 saturated carbocycles. The number of piperidine rings is 1. The highest BCUT2D eigenvalue weighted by Gasteiger charge is 2.40. The van der Waals surface area contributed by atoms with Crippen LogP contribution in [0.1, 0.15) is 38.4 Å². The molecule has 37 heavy (non-hydrogen) atoms. The van der Waals surface area contributed by atoms with Crippen molar-refractivity contribution in [1.82, 2.24) is 14.7 Å². The van der Waals surface area contributed by atoms with E-state index in [1.165, 1.54) is 4.90 Å². The maximum atomic E-state index is 13.6. The number of carbonyl (C=O) groups excluding carboxylic acids is 4. The van der Waals surface area contributed by atoms with E-state index >= 15 is 0 Å². The van der Waals surface area contributed by atoms with Gasteiger partial charge in [-0.25, -0.2) is 0 Å². The summed E-state index contributed by atoms with van der Waals surface area (Å²) in [5.41, 5.74) is 1.61. The van der Waals surface area contributed by atoms with Crippen LogP contribution in [0.4, 0.5) is 5.69 Å². The first kappa shape index (κ1) is 23.7. The summed E-state index contributed by atoms with van der Waals surface area (Å²) >= 11 is 1.60. The summed E-state index contributed by atoms with van der Waals surface area (Å²) in [5, 5.41) is 1.11. The molecular formula is C28H28N4O4S. The average Bonchev–Trinajstić information content (AvgIpc) is 3.47.